The number of carbonyl (C=O) groups excluding carboxylic acids is 1. The molecule has 1 fully saturated rings. The van der Waals surface area contributed by atoms with Crippen LogP contribution in [0.1, 0.15) is 11.9 Å². The standard InChI is InChI=1S/C16H21N3O2S/c1-12-9-19(7-8-21-12)16(20)11-18(2)10-15-17-13-5-3-4-6-14(13)22-15/h3-6,12H,7-11H2,1-2H3/t12-/m1/s1. The van der Waals surface area contributed by atoms with Gasteiger partial charge in [0.05, 0.1) is 36.0 Å². The molecule has 1 aliphatic heterocycles. The zero-order chi connectivity index (χ0) is 15.5. The summed E-state index contributed by atoms with van der Waals surface area (Å²) in [6, 6.07) is 8.13. The Kier molecular flexibility index (Phi) is 4.71. The van der Waals surface area contributed by atoms with Gasteiger partial charge in [0.2, 0.25) is 5.91 Å². The van der Waals surface area contributed by atoms with Gasteiger partial charge in [-0.2, -0.15) is 0 Å². The van der Waals surface area contributed by atoms with E-state index in [9.17, 15) is 4.79 Å². The van der Waals surface area contributed by atoms with Crippen LogP contribution < -0.4 is 0 Å². The van der Waals surface area contributed by atoms with Crippen molar-refractivity contribution in [2.75, 3.05) is 33.3 Å². The van der Waals surface area contributed by atoms with Crippen molar-refractivity contribution in [1.82, 2.24) is 14.8 Å². The summed E-state index contributed by atoms with van der Waals surface area (Å²) in [5.74, 6) is 0.166. The minimum atomic E-state index is 0.132. The summed E-state index contributed by atoms with van der Waals surface area (Å²) < 4.78 is 6.67. The highest BCUT2D eigenvalue weighted by Crippen LogP contribution is 2.22. The molecule has 1 atom stereocenters. The van der Waals surface area contributed by atoms with Gasteiger partial charge >= 0.3 is 0 Å². The zero-order valence-corrected chi connectivity index (χ0v) is 13.8. The van der Waals surface area contributed by atoms with Gasteiger partial charge in [-0.25, -0.2) is 4.98 Å². The Morgan fingerprint density at radius 1 is 1.50 bits per heavy atom. The molecule has 2 aromatic rings. The predicted octanol–water partition coefficient (Wildman–Crippen LogP) is 1.98. The monoisotopic (exact) mass is 319 g/mol. The third-order valence-corrected chi connectivity index (χ3v) is 4.76. The number of rotatable bonds is 4. The normalized spacial score (nSPS) is 19.0. The van der Waals surface area contributed by atoms with Gasteiger partial charge in [-0.05, 0) is 26.1 Å². The zero-order valence-electron chi connectivity index (χ0n) is 13.0. The van der Waals surface area contributed by atoms with E-state index in [0.717, 1.165) is 10.5 Å². The molecule has 3 rings (SSSR count). The summed E-state index contributed by atoms with van der Waals surface area (Å²) in [6.07, 6.45) is 0.132. The van der Waals surface area contributed by atoms with E-state index in [2.05, 4.69) is 11.1 Å². The molecular formula is C16H21N3O2S. The van der Waals surface area contributed by atoms with Gasteiger partial charge < -0.3 is 9.64 Å². The summed E-state index contributed by atoms with van der Waals surface area (Å²) in [4.78, 5) is 20.9. The summed E-state index contributed by atoms with van der Waals surface area (Å²) >= 11 is 1.69. The van der Waals surface area contributed by atoms with Gasteiger partial charge in [0.1, 0.15) is 5.01 Å². The Morgan fingerprint density at radius 2 is 2.32 bits per heavy atom. The van der Waals surface area contributed by atoms with Crippen LogP contribution in [0.15, 0.2) is 24.3 Å². The van der Waals surface area contributed by atoms with Crippen molar-refractivity contribution in [3.05, 3.63) is 29.3 Å². The number of amides is 1. The van der Waals surface area contributed by atoms with E-state index in [1.807, 2.05) is 42.0 Å². The maximum Gasteiger partial charge on any atom is 0.236 e. The average molecular weight is 319 g/mol. The summed E-state index contributed by atoms with van der Waals surface area (Å²) in [5, 5.41) is 1.05. The fraction of sp³-hybridized carbons (Fsp3) is 0.500. The Balaban J connectivity index is 1.57. The third kappa shape index (κ3) is 3.63. The lowest BCUT2D eigenvalue weighted by molar-refractivity contribution is -0.139. The fourth-order valence-electron chi connectivity index (χ4n) is 2.65. The average Bonchev–Trinajstić information content (AvgIpc) is 2.89. The molecule has 2 heterocycles. The molecule has 22 heavy (non-hydrogen) atoms. The van der Waals surface area contributed by atoms with Crippen molar-refractivity contribution in [3.63, 3.8) is 0 Å². The highest BCUT2D eigenvalue weighted by molar-refractivity contribution is 7.18. The van der Waals surface area contributed by atoms with Crippen LogP contribution in [0.3, 0.4) is 0 Å². The van der Waals surface area contributed by atoms with Crippen LogP contribution in [0.4, 0.5) is 0 Å². The Labute approximate surface area is 134 Å². The highest BCUT2D eigenvalue weighted by atomic mass is 32.1. The molecule has 0 spiro atoms. The quantitative estimate of drug-likeness (QED) is 0.864. The number of benzene rings is 1. The van der Waals surface area contributed by atoms with Crippen molar-refractivity contribution in [2.24, 2.45) is 0 Å². The summed E-state index contributed by atoms with van der Waals surface area (Å²) in [5.41, 5.74) is 1.03. The molecule has 0 bridgehead atoms. The second-order valence-corrected chi connectivity index (χ2v) is 6.88. The molecule has 5 nitrogen and oxygen atoms in total. The maximum absolute atomic E-state index is 12.3. The number of aromatic nitrogens is 1. The largest absolute Gasteiger partial charge is 0.375 e. The van der Waals surface area contributed by atoms with Crippen LogP contribution in [0.25, 0.3) is 10.2 Å². The van der Waals surface area contributed by atoms with Crippen molar-refractivity contribution in [1.29, 1.82) is 0 Å². The first kappa shape index (κ1) is 15.4. The number of carbonyl (C=O) groups is 1. The van der Waals surface area contributed by atoms with E-state index in [4.69, 9.17) is 4.74 Å². The van der Waals surface area contributed by atoms with E-state index in [1.54, 1.807) is 11.3 Å². The van der Waals surface area contributed by atoms with Crippen LogP contribution in [-0.2, 0) is 16.1 Å². The summed E-state index contributed by atoms with van der Waals surface area (Å²) in [6.45, 7) is 5.14. The summed E-state index contributed by atoms with van der Waals surface area (Å²) in [7, 11) is 1.97. The van der Waals surface area contributed by atoms with E-state index in [1.165, 1.54) is 4.70 Å². The van der Waals surface area contributed by atoms with Gasteiger partial charge in [0, 0.05) is 13.1 Å². The van der Waals surface area contributed by atoms with Crippen molar-refractivity contribution in [3.8, 4) is 0 Å². The molecule has 1 aliphatic rings. The second-order valence-electron chi connectivity index (χ2n) is 5.77. The molecule has 0 N–H and O–H groups in total. The molecular weight excluding hydrogens is 298 g/mol. The lowest BCUT2D eigenvalue weighted by Gasteiger charge is -2.32. The molecule has 1 aromatic carbocycles. The van der Waals surface area contributed by atoms with Gasteiger partial charge in [-0.3, -0.25) is 9.69 Å². The lowest BCUT2D eigenvalue weighted by atomic mass is 10.3. The molecule has 0 radical (unpaired) electrons. The number of para-hydroxylation sites is 1. The minimum absolute atomic E-state index is 0.132. The first-order valence-corrected chi connectivity index (χ1v) is 8.36. The highest BCUT2D eigenvalue weighted by Gasteiger charge is 2.22. The fourth-order valence-corrected chi connectivity index (χ4v) is 3.70. The van der Waals surface area contributed by atoms with Gasteiger partial charge in [-0.1, -0.05) is 12.1 Å². The minimum Gasteiger partial charge on any atom is -0.375 e. The van der Waals surface area contributed by atoms with Crippen molar-refractivity contribution in [2.45, 2.75) is 19.6 Å². The smallest absolute Gasteiger partial charge is 0.236 e. The number of fused-ring (bicyclic) bond motifs is 1. The Morgan fingerprint density at radius 3 is 3.09 bits per heavy atom. The van der Waals surface area contributed by atoms with Crippen molar-refractivity contribution < 1.29 is 9.53 Å². The lowest BCUT2D eigenvalue weighted by Crippen LogP contribution is -2.47. The molecule has 118 valence electrons. The van der Waals surface area contributed by atoms with Crippen LogP contribution in [0, 0.1) is 0 Å². The van der Waals surface area contributed by atoms with Gasteiger partial charge in [0.25, 0.3) is 0 Å². The number of morpholine rings is 1. The van der Waals surface area contributed by atoms with Gasteiger partial charge in [-0.15, -0.1) is 11.3 Å². The number of likely N-dealkylation sites (N-methyl/N-ethyl adjacent to an activating group) is 1. The predicted molar refractivity (Wildman–Crippen MR) is 87.9 cm³/mol. The maximum atomic E-state index is 12.3. The molecule has 6 heteroatoms. The number of ether oxygens (including phenoxy) is 1. The van der Waals surface area contributed by atoms with E-state index >= 15 is 0 Å². The van der Waals surface area contributed by atoms with Crippen LogP contribution in [0.2, 0.25) is 0 Å². The number of nitrogens with zero attached hydrogens (tertiary/aromatic N) is 3. The molecule has 0 unspecified atom stereocenters. The molecule has 1 saturated heterocycles. The second kappa shape index (κ2) is 6.73. The Bertz CT molecular complexity index is 625. The molecule has 0 aliphatic carbocycles. The van der Waals surface area contributed by atoms with Crippen LogP contribution in [0.5, 0.6) is 0 Å². The molecule has 1 aromatic heterocycles. The third-order valence-electron chi connectivity index (χ3n) is 3.74. The van der Waals surface area contributed by atoms with E-state index in [-0.39, 0.29) is 12.0 Å². The first-order chi connectivity index (χ1) is 10.6. The SMILES string of the molecule is C[C@@H]1CN(C(=O)CN(C)Cc2nc3ccccc3s2)CCO1. The van der Waals surface area contributed by atoms with E-state index in [0.29, 0.717) is 32.8 Å². The van der Waals surface area contributed by atoms with E-state index < -0.39 is 0 Å². The van der Waals surface area contributed by atoms with Gasteiger partial charge in [0.15, 0.2) is 0 Å². The molecule has 1 amide bonds. The number of hydrogen-bond acceptors (Lipinski definition) is 5. The van der Waals surface area contributed by atoms with Crippen LogP contribution >= 0.6 is 11.3 Å². The number of hydrogen-bond donors (Lipinski definition) is 0. The molecule has 0 saturated carbocycles. The number of thiazole rings is 1. The Hall–Kier alpha value is -1.50. The topological polar surface area (TPSA) is 45.7 Å². The van der Waals surface area contributed by atoms with Crippen molar-refractivity contribution >= 4 is 27.5 Å². The van der Waals surface area contributed by atoms with Crippen LogP contribution in [-0.4, -0.2) is 60.1 Å². The first-order valence-electron chi connectivity index (χ1n) is 7.54.